The number of oxazole rings is 1. The van der Waals surface area contributed by atoms with Crippen LogP contribution in [-0.2, 0) is 0 Å². The first-order valence-corrected chi connectivity index (χ1v) is 9.39. The Bertz CT molecular complexity index is 1210. The van der Waals surface area contributed by atoms with Gasteiger partial charge in [-0.05, 0) is 79.9 Å². The van der Waals surface area contributed by atoms with E-state index in [1.807, 2.05) is 45.0 Å². The molecule has 3 aromatic carbocycles. The largest absolute Gasteiger partial charge is 0.497 e. The molecule has 5 nitrogen and oxygen atoms in total. The predicted octanol–water partition coefficient (Wildman–Crippen LogP) is 5.68. The van der Waals surface area contributed by atoms with Gasteiger partial charge in [0.2, 0.25) is 5.89 Å². The van der Waals surface area contributed by atoms with Crippen molar-refractivity contribution in [3.05, 3.63) is 76.9 Å². The standard InChI is InChI=1S/C24H22N2O3/c1-14-12-15(2)22-21(13-14)26-24(29-22)19-6-5-7-20(16(19)3)25-23(27)17-8-10-18(28-4)11-9-17/h5-13H,1-4H3,(H,25,27). The molecule has 146 valence electrons. The molecule has 1 aromatic heterocycles. The summed E-state index contributed by atoms with van der Waals surface area (Å²) >= 11 is 0. The van der Waals surface area contributed by atoms with Gasteiger partial charge in [0.05, 0.1) is 7.11 Å². The number of nitrogens with one attached hydrogen (secondary N) is 1. The Morgan fingerprint density at radius 3 is 2.52 bits per heavy atom. The average Bonchev–Trinajstić information content (AvgIpc) is 3.13. The van der Waals surface area contributed by atoms with Crippen molar-refractivity contribution in [2.45, 2.75) is 20.8 Å². The molecule has 0 fully saturated rings. The van der Waals surface area contributed by atoms with Crippen LogP contribution in [0.15, 0.2) is 59.0 Å². The van der Waals surface area contributed by atoms with Gasteiger partial charge in [0, 0.05) is 16.8 Å². The van der Waals surface area contributed by atoms with E-state index < -0.39 is 0 Å². The Morgan fingerprint density at radius 2 is 1.79 bits per heavy atom. The van der Waals surface area contributed by atoms with Gasteiger partial charge in [-0.2, -0.15) is 0 Å². The number of methoxy groups -OCH3 is 1. The third-order valence-corrected chi connectivity index (χ3v) is 4.98. The molecular weight excluding hydrogens is 364 g/mol. The minimum absolute atomic E-state index is 0.183. The van der Waals surface area contributed by atoms with Crippen LogP contribution in [0.5, 0.6) is 5.75 Å². The summed E-state index contributed by atoms with van der Waals surface area (Å²) in [4.78, 5) is 17.3. The molecule has 0 saturated heterocycles. The van der Waals surface area contributed by atoms with Crippen LogP contribution in [-0.4, -0.2) is 18.0 Å². The van der Waals surface area contributed by atoms with E-state index in [4.69, 9.17) is 9.15 Å². The molecule has 4 aromatic rings. The Balaban J connectivity index is 1.67. The molecule has 0 aliphatic heterocycles. The highest BCUT2D eigenvalue weighted by Gasteiger charge is 2.16. The van der Waals surface area contributed by atoms with E-state index in [0.29, 0.717) is 17.2 Å². The number of benzene rings is 3. The van der Waals surface area contributed by atoms with Crippen molar-refractivity contribution in [2.75, 3.05) is 12.4 Å². The molecule has 1 N–H and O–H groups in total. The monoisotopic (exact) mass is 386 g/mol. The second kappa shape index (κ2) is 7.43. The second-order valence-corrected chi connectivity index (χ2v) is 7.11. The van der Waals surface area contributed by atoms with E-state index in [1.165, 1.54) is 0 Å². The predicted molar refractivity (Wildman–Crippen MR) is 115 cm³/mol. The van der Waals surface area contributed by atoms with Crippen molar-refractivity contribution >= 4 is 22.7 Å². The summed E-state index contributed by atoms with van der Waals surface area (Å²) in [7, 11) is 1.60. The van der Waals surface area contributed by atoms with Crippen LogP contribution in [0, 0.1) is 20.8 Å². The van der Waals surface area contributed by atoms with Crippen molar-refractivity contribution in [3.8, 4) is 17.2 Å². The summed E-state index contributed by atoms with van der Waals surface area (Å²) in [5, 5.41) is 2.98. The van der Waals surface area contributed by atoms with Gasteiger partial charge in [0.1, 0.15) is 11.3 Å². The Labute approximate surface area is 169 Å². The zero-order chi connectivity index (χ0) is 20.5. The normalized spacial score (nSPS) is 10.9. The van der Waals surface area contributed by atoms with Crippen LogP contribution in [0.25, 0.3) is 22.6 Å². The molecule has 0 aliphatic rings. The lowest BCUT2D eigenvalue weighted by Gasteiger charge is -2.11. The summed E-state index contributed by atoms with van der Waals surface area (Å²) in [6, 6.07) is 16.8. The van der Waals surface area contributed by atoms with Crippen molar-refractivity contribution < 1.29 is 13.9 Å². The first kappa shape index (κ1) is 18.7. The first-order valence-electron chi connectivity index (χ1n) is 9.39. The molecule has 0 radical (unpaired) electrons. The summed E-state index contributed by atoms with van der Waals surface area (Å²) in [6.45, 7) is 6.01. The van der Waals surface area contributed by atoms with E-state index in [9.17, 15) is 4.79 Å². The third kappa shape index (κ3) is 3.59. The minimum atomic E-state index is -0.183. The Morgan fingerprint density at radius 1 is 1.03 bits per heavy atom. The number of hydrogen-bond donors (Lipinski definition) is 1. The van der Waals surface area contributed by atoms with Crippen LogP contribution in [0.4, 0.5) is 5.69 Å². The summed E-state index contributed by atoms with van der Waals surface area (Å²) in [6.07, 6.45) is 0. The fraction of sp³-hybridized carbons (Fsp3) is 0.167. The summed E-state index contributed by atoms with van der Waals surface area (Å²) in [5.41, 5.74) is 6.86. The molecular formula is C24H22N2O3. The maximum Gasteiger partial charge on any atom is 0.255 e. The quantitative estimate of drug-likeness (QED) is 0.490. The topological polar surface area (TPSA) is 64.4 Å². The number of amides is 1. The molecule has 0 atom stereocenters. The molecule has 29 heavy (non-hydrogen) atoms. The summed E-state index contributed by atoms with van der Waals surface area (Å²) < 4.78 is 11.2. The number of ether oxygens (including phenoxy) is 1. The maximum absolute atomic E-state index is 12.6. The lowest BCUT2D eigenvalue weighted by molar-refractivity contribution is 0.102. The van der Waals surface area contributed by atoms with Gasteiger partial charge in [0.25, 0.3) is 5.91 Å². The molecule has 1 amide bonds. The molecule has 4 rings (SSSR count). The number of hydrogen-bond acceptors (Lipinski definition) is 4. The zero-order valence-electron chi connectivity index (χ0n) is 16.9. The second-order valence-electron chi connectivity index (χ2n) is 7.11. The van der Waals surface area contributed by atoms with E-state index >= 15 is 0 Å². The van der Waals surface area contributed by atoms with Crippen LogP contribution < -0.4 is 10.1 Å². The van der Waals surface area contributed by atoms with Gasteiger partial charge in [-0.1, -0.05) is 12.1 Å². The van der Waals surface area contributed by atoms with Gasteiger partial charge >= 0.3 is 0 Å². The smallest absolute Gasteiger partial charge is 0.255 e. The first-order chi connectivity index (χ1) is 14.0. The van der Waals surface area contributed by atoms with Gasteiger partial charge in [0.15, 0.2) is 5.58 Å². The van der Waals surface area contributed by atoms with Gasteiger partial charge in [-0.25, -0.2) is 4.98 Å². The number of nitrogens with zero attached hydrogens (tertiary/aromatic N) is 1. The fourth-order valence-corrected chi connectivity index (χ4v) is 3.43. The lowest BCUT2D eigenvalue weighted by Crippen LogP contribution is -2.12. The molecule has 0 aliphatic carbocycles. The highest BCUT2D eigenvalue weighted by molar-refractivity contribution is 6.05. The van der Waals surface area contributed by atoms with Gasteiger partial charge in [-0.15, -0.1) is 0 Å². The molecule has 5 heteroatoms. The molecule has 0 unspecified atom stereocenters. The van der Waals surface area contributed by atoms with E-state index in [0.717, 1.165) is 39.0 Å². The van der Waals surface area contributed by atoms with Crippen LogP contribution in [0.3, 0.4) is 0 Å². The van der Waals surface area contributed by atoms with E-state index in [-0.39, 0.29) is 5.91 Å². The number of anilines is 1. The Kier molecular flexibility index (Phi) is 4.80. The molecule has 0 bridgehead atoms. The highest BCUT2D eigenvalue weighted by atomic mass is 16.5. The molecule has 1 heterocycles. The van der Waals surface area contributed by atoms with Crippen molar-refractivity contribution in [1.82, 2.24) is 4.98 Å². The lowest BCUT2D eigenvalue weighted by atomic mass is 10.1. The van der Waals surface area contributed by atoms with Crippen LogP contribution in [0.2, 0.25) is 0 Å². The summed E-state index contributed by atoms with van der Waals surface area (Å²) in [5.74, 6) is 1.07. The molecule has 0 saturated carbocycles. The maximum atomic E-state index is 12.6. The Hall–Kier alpha value is -3.60. The van der Waals surface area contributed by atoms with E-state index in [1.54, 1.807) is 31.4 Å². The number of carbonyl (C=O) groups is 1. The van der Waals surface area contributed by atoms with Crippen LogP contribution in [0.1, 0.15) is 27.0 Å². The number of fused-ring (bicyclic) bond motifs is 1. The van der Waals surface area contributed by atoms with Crippen molar-refractivity contribution in [1.29, 1.82) is 0 Å². The SMILES string of the molecule is COc1ccc(C(=O)Nc2cccc(-c3nc4cc(C)cc(C)c4o3)c2C)cc1. The average molecular weight is 386 g/mol. The number of rotatable bonds is 4. The van der Waals surface area contributed by atoms with Crippen LogP contribution >= 0.6 is 0 Å². The minimum Gasteiger partial charge on any atom is -0.497 e. The zero-order valence-corrected chi connectivity index (χ0v) is 16.9. The fourth-order valence-electron chi connectivity index (χ4n) is 3.43. The number of carbonyl (C=O) groups excluding carboxylic acids is 1. The molecule has 0 spiro atoms. The highest BCUT2D eigenvalue weighted by Crippen LogP contribution is 2.32. The number of aryl methyl sites for hydroxylation is 2. The third-order valence-electron chi connectivity index (χ3n) is 4.98. The van der Waals surface area contributed by atoms with Crippen molar-refractivity contribution in [3.63, 3.8) is 0 Å². The van der Waals surface area contributed by atoms with Crippen molar-refractivity contribution in [2.24, 2.45) is 0 Å². The van der Waals surface area contributed by atoms with Gasteiger partial charge < -0.3 is 14.5 Å². The van der Waals surface area contributed by atoms with E-state index in [2.05, 4.69) is 16.4 Å². The van der Waals surface area contributed by atoms with Gasteiger partial charge in [-0.3, -0.25) is 4.79 Å². The number of aromatic nitrogens is 1.